The highest BCUT2D eigenvalue weighted by molar-refractivity contribution is 5.92. The third kappa shape index (κ3) is 4.92. The number of carbonyl (C=O) groups is 1. The van der Waals surface area contributed by atoms with E-state index in [-0.39, 0.29) is 17.4 Å². The summed E-state index contributed by atoms with van der Waals surface area (Å²) in [5.74, 6) is 0.0921. The summed E-state index contributed by atoms with van der Waals surface area (Å²) in [6, 6.07) is 4.53. The molecule has 0 aromatic heterocycles. The van der Waals surface area contributed by atoms with Crippen molar-refractivity contribution in [3.8, 4) is 11.5 Å². The number of amides is 1. The Hall–Kier alpha value is -2.15. The van der Waals surface area contributed by atoms with Crippen molar-refractivity contribution in [3.05, 3.63) is 29.8 Å². The Morgan fingerprint density at radius 3 is 2.52 bits per heavy atom. The van der Waals surface area contributed by atoms with Gasteiger partial charge in [-0.3, -0.25) is 4.79 Å². The van der Waals surface area contributed by atoms with Gasteiger partial charge >= 0.3 is 6.61 Å². The number of hydrogen-bond acceptors (Lipinski definition) is 4. The lowest BCUT2D eigenvalue weighted by Gasteiger charge is -2.31. The third-order valence-electron chi connectivity index (χ3n) is 3.64. The van der Waals surface area contributed by atoms with E-state index in [1.54, 1.807) is 23.1 Å². The van der Waals surface area contributed by atoms with E-state index < -0.39 is 6.61 Å². The number of benzene rings is 1. The molecule has 0 spiro atoms. The number of carbonyl (C=O) groups excluding carboxylic acids is 1. The first kappa shape index (κ1) is 17.2. The summed E-state index contributed by atoms with van der Waals surface area (Å²) in [7, 11) is 3.39. The summed E-state index contributed by atoms with van der Waals surface area (Å²) < 4.78 is 33.9. The van der Waals surface area contributed by atoms with Gasteiger partial charge in [0, 0.05) is 32.3 Å². The Morgan fingerprint density at radius 1 is 1.22 bits per heavy atom. The Labute approximate surface area is 134 Å². The molecule has 1 aliphatic rings. The standard InChI is InChI=1S/C16H20F2N2O3/c1-19-7-9-20(10-8-19)15(21)6-4-12-3-5-13(23-16(17)18)14(11-12)22-2/h3-6,11,16H,7-10H2,1-2H3. The summed E-state index contributed by atoms with van der Waals surface area (Å²) in [5, 5.41) is 0. The number of alkyl halides is 2. The zero-order valence-corrected chi connectivity index (χ0v) is 13.2. The number of nitrogens with zero attached hydrogens (tertiary/aromatic N) is 2. The molecule has 1 aromatic rings. The van der Waals surface area contributed by atoms with Gasteiger partial charge in [0.1, 0.15) is 0 Å². The van der Waals surface area contributed by atoms with E-state index in [0.29, 0.717) is 18.7 Å². The number of hydrogen-bond donors (Lipinski definition) is 0. The number of likely N-dealkylation sites (N-methyl/N-ethyl adjacent to an activating group) is 1. The molecule has 1 fully saturated rings. The van der Waals surface area contributed by atoms with Crippen LogP contribution < -0.4 is 9.47 Å². The monoisotopic (exact) mass is 326 g/mol. The summed E-state index contributed by atoms with van der Waals surface area (Å²) in [4.78, 5) is 16.1. The largest absolute Gasteiger partial charge is 0.493 e. The molecule has 0 N–H and O–H groups in total. The molecular formula is C16H20F2N2O3. The van der Waals surface area contributed by atoms with Crippen LogP contribution in [0.5, 0.6) is 11.5 Å². The van der Waals surface area contributed by atoms with Crippen molar-refractivity contribution in [3.63, 3.8) is 0 Å². The van der Waals surface area contributed by atoms with Crippen LogP contribution in [0.25, 0.3) is 6.08 Å². The molecule has 126 valence electrons. The topological polar surface area (TPSA) is 42.0 Å². The minimum Gasteiger partial charge on any atom is -0.493 e. The van der Waals surface area contributed by atoms with E-state index in [1.807, 2.05) is 7.05 Å². The molecule has 2 rings (SSSR count). The van der Waals surface area contributed by atoms with Crippen LogP contribution in [0.15, 0.2) is 24.3 Å². The Balaban J connectivity index is 2.03. The van der Waals surface area contributed by atoms with Gasteiger partial charge in [0.25, 0.3) is 0 Å². The van der Waals surface area contributed by atoms with Crippen LogP contribution in [0.4, 0.5) is 8.78 Å². The van der Waals surface area contributed by atoms with Crippen LogP contribution in [0.3, 0.4) is 0 Å². The van der Waals surface area contributed by atoms with Gasteiger partial charge < -0.3 is 19.3 Å². The summed E-state index contributed by atoms with van der Waals surface area (Å²) in [6.45, 7) is 0.193. The average molecular weight is 326 g/mol. The van der Waals surface area contributed by atoms with E-state index in [9.17, 15) is 13.6 Å². The van der Waals surface area contributed by atoms with Gasteiger partial charge in [-0.15, -0.1) is 0 Å². The highest BCUT2D eigenvalue weighted by Gasteiger charge is 2.17. The predicted molar refractivity (Wildman–Crippen MR) is 82.7 cm³/mol. The number of piperazine rings is 1. The van der Waals surface area contributed by atoms with Crippen LogP contribution in [-0.4, -0.2) is 62.7 Å². The first-order valence-corrected chi connectivity index (χ1v) is 7.28. The molecule has 1 saturated heterocycles. The second-order valence-electron chi connectivity index (χ2n) is 5.25. The minimum atomic E-state index is -2.91. The molecule has 0 bridgehead atoms. The lowest BCUT2D eigenvalue weighted by atomic mass is 10.2. The van der Waals surface area contributed by atoms with Crippen molar-refractivity contribution in [2.75, 3.05) is 40.3 Å². The SMILES string of the molecule is COc1cc(C=CC(=O)N2CCN(C)CC2)ccc1OC(F)F. The number of methoxy groups -OCH3 is 1. The van der Waals surface area contributed by atoms with Crippen molar-refractivity contribution >= 4 is 12.0 Å². The summed E-state index contributed by atoms with van der Waals surface area (Å²) in [5.41, 5.74) is 0.672. The van der Waals surface area contributed by atoms with Crippen molar-refractivity contribution in [2.45, 2.75) is 6.61 Å². The summed E-state index contributed by atoms with van der Waals surface area (Å²) >= 11 is 0. The molecule has 23 heavy (non-hydrogen) atoms. The minimum absolute atomic E-state index is 0.0370. The fourth-order valence-electron chi connectivity index (χ4n) is 2.28. The zero-order valence-electron chi connectivity index (χ0n) is 13.2. The maximum Gasteiger partial charge on any atom is 0.387 e. The van der Waals surface area contributed by atoms with Crippen LogP contribution in [0, 0.1) is 0 Å². The molecule has 1 amide bonds. The van der Waals surface area contributed by atoms with E-state index in [4.69, 9.17) is 4.74 Å². The zero-order chi connectivity index (χ0) is 16.8. The molecular weight excluding hydrogens is 306 g/mol. The van der Waals surface area contributed by atoms with Crippen molar-refractivity contribution in [2.24, 2.45) is 0 Å². The van der Waals surface area contributed by atoms with Gasteiger partial charge in [-0.1, -0.05) is 6.07 Å². The molecule has 1 aromatic carbocycles. The predicted octanol–water partition coefficient (Wildman–Crippen LogP) is 2.08. The summed E-state index contributed by atoms with van der Waals surface area (Å²) in [6.07, 6.45) is 3.11. The number of ether oxygens (including phenoxy) is 2. The lowest BCUT2D eigenvalue weighted by Crippen LogP contribution is -2.46. The van der Waals surface area contributed by atoms with E-state index >= 15 is 0 Å². The maximum absolute atomic E-state index is 12.3. The van der Waals surface area contributed by atoms with Gasteiger partial charge in [-0.25, -0.2) is 0 Å². The van der Waals surface area contributed by atoms with Crippen molar-refractivity contribution in [1.82, 2.24) is 9.80 Å². The smallest absolute Gasteiger partial charge is 0.387 e. The van der Waals surface area contributed by atoms with Crippen LogP contribution >= 0.6 is 0 Å². The van der Waals surface area contributed by atoms with Crippen molar-refractivity contribution in [1.29, 1.82) is 0 Å². The molecule has 0 aliphatic carbocycles. The maximum atomic E-state index is 12.3. The van der Waals surface area contributed by atoms with Gasteiger partial charge in [0.2, 0.25) is 5.91 Å². The Morgan fingerprint density at radius 2 is 1.91 bits per heavy atom. The second kappa shape index (κ2) is 7.92. The molecule has 0 atom stereocenters. The fraction of sp³-hybridized carbons (Fsp3) is 0.438. The first-order valence-electron chi connectivity index (χ1n) is 7.28. The highest BCUT2D eigenvalue weighted by atomic mass is 19.3. The first-order chi connectivity index (χ1) is 11.0. The van der Waals surface area contributed by atoms with Gasteiger partial charge in [0.15, 0.2) is 11.5 Å². The third-order valence-corrected chi connectivity index (χ3v) is 3.64. The average Bonchev–Trinajstić information content (AvgIpc) is 2.53. The molecule has 7 heteroatoms. The molecule has 5 nitrogen and oxygen atoms in total. The molecule has 1 aliphatic heterocycles. The van der Waals surface area contributed by atoms with E-state index in [0.717, 1.165) is 13.1 Å². The quantitative estimate of drug-likeness (QED) is 0.777. The molecule has 0 saturated carbocycles. The van der Waals surface area contributed by atoms with Gasteiger partial charge in [-0.2, -0.15) is 8.78 Å². The van der Waals surface area contributed by atoms with E-state index in [2.05, 4.69) is 9.64 Å². The van der Waals surface area contributed by atoms with Gasteiger partial charge in [0.05, 0.1) is 7.11 Å². The van der Waals surface area contributed by atoms with Crippen LogP contribution in [0.2, 0.25) is 0 Å². The fourth-order valence-corrected chi connectivity index (χ4v) is 2.28. The normalized spacial score (nSPS) is 16.1. The van der Waals surface area contributed by atoms with E-state index in [1.165, 1.54) is 19.3 Å². The number of rotatable bonds is 5. The Kier molecular flexibility index (Phi) is 5.92. The molecule has 0 radical (unpaired) electrons. The van der Waals surface area contributed by atoms with Gasteiger partial charge in [-0.05, 0) is 30.8 Å². The molecule has 0 unspecified atom stereocenters. The van der Waals surface area contributed by atoms with Crippen LogP contribution in [-0.2, 0) is 4.79 Å². The number of halogens is 2. The van der Waals surface area contributed by atoms with Crippen LogP contribution in [0.1, 0.15) is 5.56 Å². The Bertz CT molecular complexity index is 570. The lowest BCUT2D eigenvalue weighted by molar-refractivity contribution is -0.127. The highest BCUT2D eigenvalue weighted by Crippen LogP contribution is 2.29. The molecule has 1 heterocycles. The second-order valence-corrected chi connectivity index (χ2v) is 5.25. The van der Waals surface area contributed by atoms with Crippen molar-refractivity contribution < 1.29 is 23.0 Å².